The van der Waals surface area contributed by atoms with Crippen LogP contribution in [0.4, 0.5) is 5.69 Å². The van der Waals surface area contributed by atoms with Crippen molar-refractivity contribution in [1.29, 1.82) is 0 Å². The lowest BCUT2D eigenvalue weighted by molar-refractivity contribution is -0.139. The van der Waals surface area contributed by atoms with E-state index in [4.69, 9.17) is 4.74 Å². The largest absolute Gasteiger partial charge is 0.492 e. The molecule has 1 N–H and O–H groups in total. The topological polar surface area (TPSA) is 96.0 Å². The van der Waals surface area contributed by atoms with E-state index >= 15 is 0 Å². The Morgan fingerprint density at radius 2 is 1.73 bits per heavy atom. The summed E-state index contributed by atoms with van der Waals surface area (Å²) in [4.78, 5) is 29.2. The van der Waals surface area contributed by atoms with Gasteiger partial charge in [-0.3, -0.25) is 13.9 Å². The van der Waals surface area contributed by atoms with Crippen LogP contribution in [0, 0.1) is 0 Å². The molecule has 8 nitrogen and oxygen atoms in total. The quantitative estimate of drug-likeness (QED) is 0.252. The van der Waals surface area contributed by atoms with E-state index in [0.29, 0.717) is 18.9 Å². The Kier molecular flexibility index (Phi) is 11.5. The molecule has 0 radical (unpaired) electrons. The lowest BCUT2D eigenvalue weighted by atomic mass is 10.1. The van der Waals surface area contributed by atoms with Crippen LogP contribution in [0.5, 0.6) is 5.75 Å². The molecule has 0 heterocycles. The summed E-state index contributed by atoms with van der Waals surface area (Å²) in [5.74, 6) is -0.533. The van der Waals surface area contributed by atoms with Crippen LogP contribution in [-0.2, 0) is 26.2 Å². The molecule has 3 aromatic rings. The molecule has 0 aliphatic carbocycles. The van der Waals surface area contributed by atoms with Gasteiger partial charge >= 0.3 is 0 Å². The molecule has 0 aliphatic rings. The number of nitrogens with one attached hydrogen (secondary N) is 1. The third-order valence-corrected chi connectivity index (χ3v) is 9.13. The van der Waals surface area contributed by atoms with Crippen LogP contribution < -0.4 is 14.4 Å². The van der Waals surface area contributed by atoms with Gasteiger partial charge in [0.2, 0.25) is 11.8 Å². The zero-order chi connectivity index (χ0) is 29.3. The van der Waals surface area contributed by atoms with Gasteiger partial charge in [0.25, 0.3) is 10.0 Å². The van der Waals surface area contributed by atoms with Gasteiger partial charge in [0.1, 0.15) is 18.3 Å². The molecule has 0 aromatic heterocycles. The predicted octanol–water partition coefficient (Wildman–Crippen LogP) is 5.32. The van der Waals surface area contributed by atoms with Crippen molar-refractivity contribution in [2.24, 2.45) is 0 Å². The highest BCUT2D eigenvalue weighted by Crippen LogP contribution is 2.33. The Bertz CT molecular complexity index is 1420. The number of likely N-dealkylation sites (N-methyl/N-ethyl adjacent to an activating group) is 1. The molecule has 0 unspecified atom stereocenters. The van der Waals surface area contributed by atoms with Crippen LogP contribution in [0.25, 0.3) is 0 Å². The average molecular weight is 649 g/mol. The van der Waals surface area contributed by atoms with Crippen molar-refractivity contribution in [3.8, 4) is 5.75 Å². The van der Waals surface area contributed by atoms with Crippen LogP contribution in [0.15, 0.2) is 87.1 Å². The van der Waals surface area contributed by atoms with E-state index in [1.807, 2.05) is 30.5 Å². The van der Waals surface area contributed by atoms with Crippen molar-refractivity contribution >= 4 is 55.2 Å². The Morgan fingerprint density at radius 3 is 2.35 bits per heavy atom. The van der Waals surface area contributed by atoms with E-state index in [-0.39, 0.29) is 23.0 Å². The normalized spacial score (nSPS) is 11.9. The second-order valence-corrected chi connectivity index (χ2v) is 12.5. The minimum Gasteiger partial charge on any atom is -0.492 e. The molecule has 214 valence electrons. The number of hydrogen-bond donors (Lipinski definition) is 1. The molecule has 0 saturated heterocycles. The molecule has 2 amide bonds. The zero-order valence-electron chi connectivity index (χ0n) is 23.0. The molecule has 3 rings (SSSR count). The van der Waals surface area contributed by atoms with Gasteiger partial charge in [-0.1, -0.05) is 40.2 Å². The van der Waals surface area contributed by atoms with Crippen molar-refractivity contribution in [2.75, 3.05) is 30.3 Å². The van der Waals surface area contributed by atoms with Gasteiger partial charge < -0.3 is 15.0 Å². The number of amides is 2. The number of sulfonamides is 1. The van der Waals surface area contributed by atoms with Crippen molar-refractivity contribution in [1.82, 2.24) is 10.2 Å². The summed E-state index contributed by atoms with van der Waals surface area (Å²) < 4.78 is 35.8. The standard InChI is InChI=1S/C29H34BrN3O5S2/c1-5-31-29(35)21(3)32(19-22-10-9-11-23(30)18-22)28(34)20-33(26-12-7-8-13-27(26)38-6-2)40(36,37)25-16-14-24(39-4)15-17-25/h7-18,21H,5-6,19-20H2,1-4H3,(H,31,35)/t21-/m1/s1. The van der Waals surface area contributed by atoms with E-state index in [2.05, 4.69) is 21.2 Å². The molecule has 1 atom stereocenters. The molecule has 40 heavy (non-hydrogen) atoms. The third-order valence-electron chi connectivity index (χ3n) is 6.12. The fourth-order valence-electron chi connectivity index (χ4n) is 4.07. The number of hydrogen-bond acceptors (Lipinski definition) is 6. The molecule has 0 aliphatic heterocycles. The fourth-order valence-corrected chi connectivity index (χ4v) is 6.35. The van der Waals surface area contributed by atoms with Gasteiger partial charge in [0.05, 0.1) is 17.2 Å². The summed E-state index contributed by atoms with van der Waals surface area (Å²) >= 11 is 4.95. The monoisotopic (exact) mass is 647 g/mol. The third kappa shape index (κ3) is 7.80. The van der Waals surface area contributed by atoms with Crippen LogP contribution in [0.1, 0.15) is 26.3 Å². The minimum absolute atomic E-state index is 0.0414. The van der Waals surface area contributed by atoms with Crippen molar-refractivity contribution in [3.05, 3.63) is 82.8 Å². The number of rotatable bonds is 13. The van der Waals surface area contributed by atoms with E-state index in [1.165, 1.54) is 28.8 Å². The molecule has 0 fully saturated rings. The van der Waals surface area contributed by atoms with Crippen molar-refractivity contribution in [2.45, 2.75) is 43.1 Å². The zero-order valence-corrected chi connectivity index (χ0v) is 26.2. The van der Waals surface area contributed by atoms with Gasteiger partial charge in [0, 0.05) is 22.5 Å². The van der Waals surface area contributed by atoms with Crippen LogP contribution in [-0.4, -0.2) is 57.1 Å². The Morgan fingerprint density at radius 1 is 1.02 bits per heavy atom. The number of carbonyl (C=O) groups excluding carboxylic acids is 2. The number of nitrogens with zero attached hydrogens (tertiary/aromatic N) is 2. The molecular formula is C29H34BrN3O5S2. The van der Waals surface area contributed by atoms with E-state index < -0.39 is 28.5 Å². The maximum Gasteiger partial charge on any atom is 0.264 e. The lowest BCUT2D eigenvalue weighted by Crippen LogP contribution is -2.51. The Balaban J connectivity index is 2.09. The number of halogens is 1. The maximum absolute atomic E-state index is 14.1. The predicted molar refractivity (Wildman–Crippen MR) is 163 cm³/mol. The Hall–Kier alpha value is -3.02. The first kappa shape index (κ1) is 31.5. The first-order chi connectivity index (χ1) is 19.1. The number of carbonyl (C=O) groups is 2. The number of anilines is 1. The smallest absolute Gasteiger partial charge is 0.264 e. The summed E-state index contributed by atoms with van der Waals surface area (Å²) in [6, 6.07) is 19.8. The second kappa shape index (κ2) is 14.6. The van der Waals surface area contributed by atoms with E-state index in [0.717, 1.165) is 19.2 Å². The summed E-state index contributed by atoms with van der Waals surface area (Å²) in [7, 11) is -4.20. The lowest BCUT2D eigenvalue weighted by Gasteiger charge is -2.32. The number of para-hydroxylation sites is 2. The fraction of sp³-hybridized carbons (Fsp3) is 0.310. The van der Waals surface area contributed by atoms with Crippen LogP contribution in [0.2, 0.25) is 0 Å². The molecule has 3 aromatic carbocycles. The summed E-state index contributed by atoms with van der Waals surface area (Å²) in [6.07, 6.45) is 1.91. The highest BCUT2D eigenvalue weighted by atomic mass is 79.9. The van der Waals surface area contributed by atoms with Gasteiger partial charge in [-0.05, 0) is 81.1 Å². The van der Waals surface area contributed by atoms with Gasteiger partial charge in [-0.2, -0.15) is 0 Å². The highest BCUT2D eigenvalue weighted by molar-refractivity contribution is 9.10. The Labute approximate surface area is 249 Å². The summed E-state index contributed by atoms with van der Waals surface area (Å²) in [5.41, 5.74) is 1.02. The first-order valence-corrected chi connectivity index (χ1v) is 16.3. The second-order valence-electron chi connectivity index (χ2n) is 8.81. The number of ether oxygens (including phenoxy) is 1. The van der Waals surface area contributed by atoms with Crippen LogP contribution in [0.3, 0.4) is 0 Å². The average Bonchev–Trinajstić information content (AvgIpc) is 2.95. The van der Waals surface area contributed by atoms with Gasteiger partial charge in [-0.25, -0.2) is 8.42 Å². The van der Waals surface area contributed by atoms with Crippen LogP contribution >= 0.6 is 27.7 Å². The van der Waals surface area contributed by atoms with Crippen molar-refractivity contribution in [3.63, 3.8) is 0 Å². The molecule has 0 bridgehead atoms. The molecule has 0 spiro atoms. The maximum atomic E-state index is 14.1. The molecular weight excluding hydrogens is 614 g/mol. The first-order valence-electron chi connectivity index (χ1n) is 12.8. The molecule has 0 saturated carbocycles. The summed E-state index contributed by atoms with van der Waals surface area (Å²) in [6.45, 7) is 5.52. The number of thioether (sulfide) groups is 1. The SMILES string of the molecule is CCNC(=O)[C@@H](C)N(Cc1cccc(Br)c1)C(=O)CN(c1ccccc1OCC)S(=O)(=O)c1ccc(SC)cc1. The summed E-state index contributed by atoms with van der Waals surface area (Å²) in [5, 5.41) is 2.76. The van der Waals surface area contributed by atoms with Crippen molar-refractivity contribution < 1.29 is 22.7 Å². The number of benzene rings is 3. The van der Waals surface area contributed by atoms with Gasteiger partial charge in [-0.15, -0.1) is 11.8 Å². The van der Waals surface area contributed by atoms with Gasteiger partial charge in [0.15, 0.2) is 0 Å². The van der Waals surface area contributed by atoms with E-state index in [9.17, 15) is 18.0 Å². The highest BCUT2D eigenvalue weighted by Gasteiger charge is 2.33. The van der Waals surface area contributed by atoms with E-state index in [1.54, 1.807) is 57.2 Å². The minimum atomic E-state index is -4.20. The molecule has 11 heteroatoms.